The van der Waals surface area contributed by atoms with Crippen LogP contribution in [0.15, 0.2) is 157 Å². The number of nitrogens with zero attached hydrogens (tertiary/aromatic N) is 3. The molecule has 2 N–H and O–H groups in total. The molecule has 4 heterocycles. The molecule has 1 spiro atoms. The molecule has 0 radical (unpaired) electrons. The summed E-state index contributed by atoms with van der Waals surface area (Å²) >= 11 is 0. The molecule has 7 unspecified atom stereocenters. The van der Waals surface area contributed by atoms with Crippen LogP contribution in [0, 0.1) is 17.8 Å². The molecule has 11 rings (SSSR count). The van der Waals surface area contributed by atoms with Crippen LogP contribution in [0.3, 0.4) is 0 Å². The van der Waals surface area contributed by atoms with Gasteiger partial charge < -0.3 is 34.3 Å². The van der Waals surface area contributed by atoms with Crippen LogP contribution in [-0.2, 0) is 37.5 Å². The number of methoxy groups -OCH3 is 2. The number of ether oxygens (including phenoxy) is 4. The van der Waals surface area contributed by atoms with Crippen molar-refractivity contribution in [3.05, 3.63) is 202 Å². The number of benzene rings is 6. The average Bonchev–Trinajstić information content (AvgIpc) is 3.92. The van der Waals surface area contributed by atoms with Crippen LogP contribution in [0.25, 0.3) is 0 Å². The molecular formula is C63H60N4O9. The number of amides is 4. The maximum absolute atomic E-state index is 17.1. The van der Waals surface area contributed by atoms with Gasteiger partial charge >= 0.3 is 12.0 Å². The minimum absolute atomic E-state index is 0.0905. The van der Waals surface area contributed by atoms with E-state index in [0.717, 1.165) is 53.5 Å². The standard InChI is InChI=1S/C63H60N4O9/c1-40(43-20-10-5-11-21-43)64-62(72)66-50-31-30-42(29-28-41-18-8-4-9-19-41)36-49(50)63(61(66)71)54(59(69)65-33-32-46-37-52(73-2)53(74-3)38-47(46)39-65)56-60(70)76-57(45-24-14-7-15-25-45)55(44-22-12-6-13-23-44)67(56)58(63)48-26-16-17-27-51(48)75-35-34-68/h5-7,10-18,20-27,30-31,36-38,40,54-58,68H,4,8-9,19,32-35,39H2,1-3H3,(H,64,72). The van der Waals surface area contributed by atoms with Crippen LogP contribution in [0.2, 0.25) is 0 Å². The number of morpholine rings is 1. The number of imide groups is 1. The average molecular weight is 1020 g/mol. The van der Waals surface area contributed by atoms with Gasteiger partial charge in [0.1, 0.15) is 29.9 Å². The van der Waals surface area contributed by atoms with Gasteiger partial charge in [0, 0.05) is 24.2 Å². The second kappa shape index (κ2) is 21.2. The summed E-state index contributed by atoms with van der Waals surface area (Å²) < 4.78 is 24.6. The van der Waals surface area contributed by atoms with E-state index in [1.54, 1.807) is 37.3 Å². The number of nitrogens with one attached hydrogen (secondary N) is 1. The molecule has 2 fully saturated rings. The summed E-state index contributed by atoms with van der Waals surface area (Å²) in [5, 5.41) is 13.4. The first-order valence-electron chi connectivity index (χ1n) is 26.1. The lowest BCUT2D eigenvalue weighted by Crippen LogP contribution is -2.57. The summed E-state index contributed by atoms with van der Waals surface area (Å²) in [5.74, 6) is 4.81. The van der Waals surface area contributed by atoms with Crippen molar-refractivity contribution in [2.75, 3.05) is 38.9 Å². The van der Waals surface area contributed by atoms with Gasteiger partial charge in [-0.1, -0.05) is 127 Å². The Balaban J connectivity index is 1.20. The number of aliphatic hydroxyl groups excluding tert-OH is 1. The van der Waals surface area contributed by atoms with Crippen molar-refractivity contribution < 1.29 is 43.2 Å². The van der Waals surface area contributed by atoms with Crippen LogP contribution in [-0.4, -0.2) is 78.7 Å². The van der Waals surface area contributed by atoms with Crippen molar-refractivity contribution in [2.45, 2.75) is 81.3 Å². The number of allylic oxidation sites excluding steroid dienone is 2. The zero-order valence-corrected chi connectivity index (χ0v) is 42.8. The fourth-order valence-corrected chi connectivity index (χ4v) is 12.4. The molecule has 7 atom stereocenters. The molecule has 4 amide bonds. The smallest absolute Gasteiger partial charge is 0.329 e. The quantitative estimate of drug-likeness (QED) is 0.0950. The predicted molar refractivity (Wildman–Crippen MR) is 286 cm³/mol. The first-order valence-corrected chi connectivity index (χ1v) is 26.1. The fraction of sp³-hybridized carbons (Fsp3) is 0.302. The highest BCUT2D eigenvalue weighted by atomic mass is 16.6. The summed E-state index contributed by atoms with van der Waals surface area (Å²) in [7, 11) is 3.14. The van der Waals surface area contributed by atoms with E-state index in [1.807, 2.05) is 139 Å². The predicted octanol–water partition coefficient (Wildman–Crippen LogP) is 9.65. The maximum atomic E-state index is 17.1. The molecule has 5 aliphatic rings. The summed E-state index contributed by atoms with van der Waals surface area (Å²) in [4.78, 5) is 70.1. The lowest BCUT2D eigenvalue weighted by molar-refractivity contribution is -0.179. The van der Waals surface area contributed by atoms with E-state index in [2.05, 4.69) is 23.2 Å². The third-order valence-electron chi connectivity index (χ3n) is 15.8. The SMILES string of the molecule is COc1cc2c(cc1OC)CN(C(=O)C1C3C(=O)OC(c4ccccc4)C(c4ccccc4)N3C(c3ccccc3OCCO)C13C(=O)N(C(=O)NC(C)c1ccccc1)c1ccc(C#CC4=CCCCC4)cc13)CC2. The van der Waals surface area contributed by atoms with Crippen molar-refractivity contribution in [1.29, 1.82) is 0 Å². The van der Waals surface area contributed by atoms with Crippen molar-refractivity contribution in [3.8, 4) is 29.1 Å². The van der Waals surface area contributed by atoms with Gasteiger partial charge in [-0.05, 0) is 114 Å². The molecule has 386 valence electrons. The molecule has 6 aromatic rings. The zero-order valence-electron chi connectivity index (χ0n) is 42.8. The molecule has 13 heteroatoms. The highest BCUT2D eigenvalue weighted by Crippen LogP contribution is 2.67. The van der Waals surface area contributed by atoms with E-state index in [1.165, 1.54) is 4.90 Å². The lowest BCUT2D eigenvalue weighted by atomic mass is 9.64. The third kappa shape index (κ3) is 8.75. The van der Waals surface area contributed by atoms with E-state index < -0.39 is 65.4 Å². The molecular weight excluding hydrogens is 957 g/mol. The number of fused-ring (bicyclic) bond motifs is 4. The van der Waals surface area contributed by atoms with Crippen LogP contribution in [0.4, 0.5) is 10.5 Å². The van der Waals surface area contributed by atoms with E-state index in [-0.39, 0.29) is 32.0 Å². The van der Waals surface area contributed by atoms with Crippen molar-refractivity contribution in [2.24, 2.45) is 5.92 Å². The van der Waals surface area contributed by atoms with Gasteiger partial charge in [0.2, 0.25) is 11.8 Å². The molecule has 0 saturated carbocycles. The minimum Gasteiger partial charge on any atom is -0.493 e. The van der Waals surface area contributed by atoms with Crippen LogP contribution in [0.1, 0.15) is 101 Å². The lowest BCUT2D eigenvalue weighted by Gasteiger charge is -2.46. The van der Waals surface area contributed by atoms with Gasteiger partial charge in [-0.3, -0.25) is 19.3 Å². The number of hydrogen-bond donors (Lipinski definition) is 2. The van der Waals surface area contributed by atoms with Crippen LogP contribution >= 0.6 is 0 Å². The molecule has 76 heavy (non-hydrogen) atoms. The van der Waals surface area contributed by atoms with E-state index in [9.17, 15) is 5.11 Å². The summed E-state index contributed by atoms with van der Waals surface area (Å²) in [6, 6.07) is 40.4. The first-order chi connectivity index (χ1) is 37.2. The second-order valence-electron chi connectivity index (χ2n) is 20.0. The summed E-state index contributed by atoms with van der Waals surface area (Å²) in [6.07, 6.45) is 5.57. The number of anilines is 1. The number of cyclic esters (lactones) is 1. The Morgan fingerprint density at radius 2 is 1.46 bits per heavy atom. The molecule has 1 aliphatic carbocycles. The van der Waals surface area contributed by atoms with Crippen molar-refractivity contribution in [1.82, 2.24) is 15.1 Å². The number of esters is 1. The third-order valence-corrected chi connectivity index (χ3v) is 15.8. The summed E-state index contributed by atoms with van der Waals surface area (Å²) in [5.41, 5.74) is 4.70. The van der Waals surface area contributed by atoms with Crippen molar-refractivity contribution >= 4 is 29.5 Å². The maximum Gasteiger partial charge on any atom is 0.329 e. The molecule has 4 aliphatic heterocycles. The monoisotopic (exact) mass is 1020 g/mol. The van der Waals surface area contributed by atoms with E-state index in [4.69, 9.17) is 18.9 Å². The largest absolute Gasteiger partial charge is 0.493 e. The number of urea groups is 1. The number of carbonyl (C=O) groups excluding carboxylic acids is 4. The highest BCUT2D eigenvalue weighted by molar-refractivity contribution is 6.25. The molecule has 0 aromatic heterocycles. The van der Waals surface area contributed by atoms with E-state index >= 15 is 19.2 Å². The second-order valence-corrected chi connectivity index (χ2v) is 20.0. The fourth-order valence-electron chi connectivity index (χ4n) is 12.4. The Morgan fingerprint density at radius 1 is 0.776 bits per heavy atom. The Morgan fingerprint density at radius 3 is 2.16 bits per heavy atom. The number of rotatable bonds is 11. The topological polar surface area (TPSA) is 147 Å². The van der Waals surface area contributed by atoms with Crippen LogP contribution < -0.4 is 24.4 Å². The Hall–Kier alpha value is -8.18. The number of aliphatic hydroxyl groups is 1. The van der Waals surface area contributed by atoms with Gasteiger partial charge in [0.25, 0.3) is 0 Å². The van der Waals surface area contributed by atoms with Gasteiger partial charge in [-0.2, -0.15) is 0 Å². The highest BCUT2D eigenvalue weighted by Gasteiger charge is 2.76. The number of carbonyl (C=O) groups is 4. The van der Waals surface area contributed by atoms with Crippen LogP contribution in [0.5, 0.6) is 17.2 Å². The normalized spacial score (nSPS) is 23.0. The van der Waals surface area contributed by atoms with Crippen molar-refractivity contribution in [3.63, 3.8) is 0 Å². The van der Waals surface area contributed by atoms with Gasteiger partial charge in [-0.15, -0.1) is 0 Å². The molecule has 13 nitrogen and oxygen atoms in total. The minimum atomic E-state index is -2.06. The molecule has 2 saturated heterocycles. The van der Waals surface area contributed by atoms with Gasteiger partial charge in [0.15, 0.2) is 11.5 Å². The number of para-hydroxylation sites is 1. The number of hydrogen-bond acceptors (Lipinski definition) is 10. The van der Waals surface area contributed by atoms with Gasteiger partial charge in [0.05, 0.1) is 50.6 Å². The molecule has 0 bridgehead atoms. The zero-order chi connectivity index (χ0) is 52.5. The van der Waals surface area contributed by atoms with Gasteiger partial charge in [-0.25, -0.2) is 9.69 Å². The Bertz CT molecular complexity index is 3280. The molecule has 6 aromatic carbocycles. The summed E-state index contributed by atoms with van der Waals surface area (Å²) in [6.45, 7) is 1.82. The first kappa shape index (κ1) is 50.0. The Kier molecular flexibility index (Phi) is 14.0. The van der Waals surface area contributed by atoms with E-state index in [0.29, 0.717) is 45.9 Å². The Labute approximate surface area is 443 Å².